The predicted octanol–water partition coefficient (Wildman–Crippen LogP) is 2.11. The maximum absolute atomic E-state index is 11.7. The van der Waals surface area contributed by atoms with Gasteiger partial charge in [-0.1, -0.05) is 12.1 Å². The van der Waals surface area contributed by atoms with Gasteiger partial charge in [0.15, 0.2) is 0 Å². The van der Waals surface area contributed by atoms with Gasteiger partial charge in [-0.25, -0.2) is 0 Å². The standard InChI is InChI=1S/C15H18N2O2/c1-12-5-4-6-13(11-12)16-14(18)7-8-15(19)17-9-2-3-10-17/h4-8,11H,2-3,9-10H2,1H3,(H,16,18). The molecular formula is C15H18N2O2. The van der Waals surface area contributed by atoms with Gasteiger partial charge in [0.2, 0.25) is 11.8 Å². The summed E-state index contributed by atoms with van der Waals surface area (Å²) < 4.78 is 0. The minimum absolute atomic E-state index is 0.0862. The van der Waals surface area contributed by atoms with Gasteiger partial charge in [-0.2, -0.15) is 0 Å². The van der Waals surface area contributed by atoms with Gasteiger partial charge < -0.3 is 10.2 Å². The fourth-order valence-corrected chi connectivity index (χ4v) is 2.10. The fourth-order valence-electron chi connectivity index (χ4n) is 2.10. The van der Waals surface area contributed by atoms with Crippen LogP contribution < -0.4 is 5.32 Å². The number of amides is 2. The van der Waals surface area contributed by atoms with E-state index in [0.717, 1.165) is 37.2 Å². The molecule has 0 atom stereocenters. The molecule has 19 heavy (non-hydrogen) atoms. The van der Waals surface area contributed by atoms with E-state index in [0.29, 0.717) is 0 Å². The van der Waals surface area contributed by atoms with Gasteiger partial charge in [0.05, 0.1) is 0 Å². The highest BCUT2D eigenvalue weighted by Crippen LogP contribution is 2.10. The number of hydrogen-bond donors (Lipinski definition) is 1. The van der Waals surface area contributed by atoms with E-state index >= 15 is 0 Å². The second kappa shape index (κ2) is 6.18. The lowest BCUT2D eigenvalue weighted by Crippen LogP contribution is -2.25. The fraction of sp³-hybridized carbons (Fsp3) is 0.333. The zero-order valence-electron chi connectivity index (χ0n) is 11.1. The Hall–Kier alpha value is -2.10. The zero-order chi connectivity index (χ0) is 13.7. The number of anilines is 1. The number of hydrogen-bond acceptors (Lipinski definition) is 2. The van der Waals surface area contributed by atoms with Crippen LogP contribution in [0, 0.1) is 6.92 Å². The quantitative estimate of drug-likeness (QED) is 0.844. The third-order valence-corrected chi connectivity index (χ3v) is 3.08. The highest BCUT2D eigenvalue weighted by Gasteiger charge is 2.15. The van der Waals surface area contributed by atoms with Gasteiger partial charge >= 0.3 is 0 Å². The minimum atomic E-state index is -0.279. The Bertz CT molecular complexity index is 503. The summed E-state index contributed by atoms with van der Waals surface area (Å²) in [5, 5.41) is 2.73. The number of rotatable bonds is 3. The van der Waals surface area contributed by atoms with Crippen LogP contribution in [0.1, 0.15) is 18.4 Å². The number of carbonyl (C=O) groups excluding carboxylic acids is 2. The van der Waals surface area contributed by atoms with E-state index in [2.05, 4.69) is 5.32 Å². The van der Waals surface area contributed by atoms with Gasteiger partial charge in [-0.05, 0) is 37.5 Å². The molecule has 0 spiro atoms. The first-order valence-corrected chi connectivity index (χ1v) is 6.50. The molecule has 0 aliphatic carbocycles. The van der Waals surface area contributed by atoms with Crippen molar-refractivity contribution in [2.45, 2.75) is 19.8 Å². The smallest absolute Gasteiger partial charge is 0.248 e. The Morgan fingerprint density at radius 3 is 2.63 bits per heavy atom. The van der Waals surface area contributed by atoms with E-state index in [-0.39, 0.29) is 11.8 Å². The Morgan fingerprint density at radius 2 is 1.95 bits per heavy atom. The van der Waals surface area contributed by atoms with Crippen molar-refractivity contribution < 1.29 is 9.59 Å². The molecule has 0 bridgehead atoms. The molecule has 0 saturated carbocycles. The Morgan fingerprint density at radius 1 is 1.21 bits per heavy atom. The molecule has 1 aromatic carbocycles. The second-order valence-corrected chi connectivity index (χ2v) is 4.72. The zero-order valence-corrected chi connectivity index (χ0v) is 11.1. The van der Waals surface area contributed by atoms with E-state index in [1.165, 1.54) is 12.2 Å². The minimum Gasteiger partial charge on any atom is -0.339 e. The van der Waals surface area contributed by atoms with Crippen molar-refractivity contribution in [3.05, 3.63) is 42.0 Å². The molecule has 1 heterocycles. The van der Waals surface area contributed by atoms with Crippen molar-refractivity contribution in [3.8, 4) is 0 Å². The summed E-state index contributed by atoms with van der Waals surface area (Å²) in [6, 6.07) is 7.54. The van der Waals surface area contributed by atoms with E-state index < -0.39 is 0 Å². The largest absolute Gasteiger partial charge is 0.339 e. The lowest BCUT2D eigenvalue weighted by molar-refractivity contribution is -0.125. The topological polar surface area (TPSA) is 49.4 Å². The average Bonchev–Trinajstić information content (AvgIpc) is 2.90. The first-order valence-electron chi connectivity index (χ1n) is 6.50. The van der Waals surface area contributed by atoms with Crippen molar-refractivity contribution in [3.63, 3.8) is 0 Å². The van der Waals surface area contributed by atoms with Crippen LogP contribution in [0.25, 0.3) is 0 Å². The van der Waals surface area contributed by atoms with Gasteiger partial charge in [0.1, 0.15) is 0 Å². The SMILES string of the molecule is Cc1cccc(NC(=O)C=CC(=O)N2CCCC2)c1. The summed E-state index contributed by atoms with van der Waals surface area (Å²) in [6.07, 6.45) is 4.74. The van der Waals surface area contributed by atoms with Crippen LogP contribution in [0.15, 0.2) is 36.4 Å². The van der Waals surface area contributed by atoms with E-state index in [4.69, 9.17) is 0 Å². The molecule has 1 aliphatic heterocycles. The van der Waals surface area contributed by atoms with Crippen molar-refractivity contribution in [2.75, 3.05) is 18.4 Å². The first-order chi connectivity index (χ1) is 9.15. The van der Waals surface area contributed by atoms with E-state index in [9.17, 15) is 9.59 Å². The summed E-state index contributed by atoms with van der Waals surface area (Å²) >= 11 is 0. The predicted molar refractivity (Wildman–Crippen MR) is 74.8 cm³/mol. The molecule has 1 aliphatic rings. The molecule has 1 aromatic rings. The van der Waals surface area contributed by atoms with Crippen molar-refractivity contribution in [1.82, 2.24) is 4.90 Å². The summed E-state index contributed by atoms with van der Waals surface area (Å²) in [4.78, 5) is 25.2. The van der Waals surface area contributed by atoms with E-state index in [1.54, 1.807) is 4.90 Å². The van der Waals surface area contributed by atoms with Crippen LogP contribution in [-0.2, 0) is 9.59 Å². The second-order valence-electron chi connectivity index (χ2n) is 4.72. The summed E-state index contributed by atoms with van der Waals surface area (Å²) in [6.45, 7) is 3.55. The number of nitrogens with zero attached hydrogens (tertiary/aromatic N) is 1. The Balaban J connectivity index is 1.88. The lowest BCUT2D eigenvalue weighted by Gasteiger charge is -2.11. The molecule has 0 radical (unpaired) electrons. The molecule has 1 fully saturated rings. The molecule has 100 valence electrons. The first kappa shape index (κ1) is 13.3. The van der Waals surface area contributed by atoms with Crippen LogP contribution in [-0.4, -0.2) is 29.8 Å². The summed E-state index contributed by atoms with van der Waals surface area (Å²) in [5.41, 5.74) is 1.82. The highest BCUT2D eigenvalue weighted by molar-refractivity contribution is 6.03. The molecule has 4 heteroatoms. The maximum Gasteiger partial charge on any atom is 0.248 e. The average molecular weight is 258 g/mol. The van der Waals surface area contributed by atoms with Gasteiger partial charge in [-0.15, -0.1) is 0 Å². The van der Waals surface area contributed by atoms with Crippen LogP contribution in [0.2, 0.25) is 0 Å². The monoisotopic (exact) mass is 258 g/mol. The summed E-state index contributed by atoms with van der Waals surface area (Å²) in [7, 11) is 0. The van der Waals surface area contributed by atoms with Crippen molar-refractivity contribution >= 4 is 17.5 Å². The molecule has 1 saturated heterocycles. The number of benzene rings is 1. The van der Waals surface area contributed by atoms with Crippen molar-refractivity contribution in [1.29, 1.82) is 0 Å². The van der Waals surface area contributed by atoms with Crippen LogP contribution in [0.5, 0.6) is 0 Å². The number of aryl methyl sites for hydroxylation is 1. The summed E-state index contributed by atoms with van der Waals surface area (Å²) in [5.74, 6) is -0.366. The molecular weight excluding hydrogens is 240 g/mol. The van der Waals surface area contributed by atoms with Crippen molar-refractivity contribution in [2.24, 2.45) is 0 Å². The maximum atomic E-state index is 11.7. The van der Waals surface area contributed by atoms with Crippen LogP contribution in [0.3, 0.4) is 0 Å². The van der Waals surface area contributed by atoms with Gasteiger partial charge in [0.25, 0.3) is 0 Å². The molecule has 2 rings (SSSR count). The van der Waals surface area contributed by atoms with Crippen LogP contribution in [0.4, 0.5) is 5.69 Å². The molecule has 0 unspecified atom stereocenters. The molecule has 2 amide bonds. The van der Waals surface area contributed by atoms with Gasteiger partial charge in [-0.3, -0.25) is 9.59 Å². The van der Waals surface area contributed by atoms with E-state index in [1.807, 2.05) is 31.2 Å². The molecule has 4 nitrogen and oxygen atoms in total. The van der Waals surface area contributed by atoms with Crippen LogP contribution >= 0.6 is 0 Å². The van der Waals surface area contributed by atoms with Gasteiger partial charge in [0, 0.05) is 30.9 Å². The molecule has 1 N–H and O–H groups in total. The number of carbonyl (C=O) groups is 2. The number of likely N-dealkylation sites (tertiary alicyclic amines) is 1. The normalized spacial score (nSPS) is 14.9. The lowest BCUT2D eigenvalue weighted by atomic mass is 10.2. The highest BCUT2D eigenvalue weighted by atomic mass is 16.2. The third kappa shape index (κ3) is 3.95. The Kier molecular flexibility index (Phi) is 4.34. The molecule has 0 aromatic heterocycles. The number of nitrogens with one attached hydrogen (secondary N) is 1. The Labute approximate surface area is 113 Å². The third-order valence-electron chi connectivity index (χ3n) is 3.08.